The van der Waals surface area contributed by atoms with Crippen LogP contribution in [0.5, 0.6) is 0 Å². The number of ether oxygens (including phenoxy) is 1. The maximum Gasteiger partial charge on any atom is 0.314 e. The second-order valence-electron chi connectivity index (χ2n) is 5.45. The van der Waals surface area contributed by atoms with Gasteiger partial charge < -0.3 is 9.15 Å². The van der Waals surface area contributed by atoms with Gasteiger partial charge >= 0.3 is 11.9 Å². The average Bonchev–Trinajstić information content (AvgIpc) is 2.66. The van der Waals surface area contributed by atoms with E-state index < -0.39 is 11.9 Å². The van der Waals surface area contributed by atoms with Crippen LogP contribution in [-0.2, 0) is 14.3 Å². The molecule has 0 saturated carbocycles. The molecule has 0 aliphatic carbocycles. The van der Waals surface area contributed by atoms with E-state index in [-0.39, 0.29) is 18.8 Å². The van der Waals surface area contributed by atoms with Crippen LogP contribution in [0.1, 0.15) is 41.2 Å². The van der Waals surface area contributed by atoms with Crippen molar-refractivity contribution in [1.29, 1.82) is 0 Å². The predicted octanol–water partition coefficient (Wildman–Crippen LogP) is 3.31. The number of carbonyl (C=O) groups is 2. The minimum absolute atomic E-state index is 0.0959. The summed E-state index contributed by atoms with van der Waals surface area (Å²) < 4.78 is 10.3. The highest BCUT2D eigenvalue weighted by Crippen LogP contribution is 2.34. The van der Waals surface area contributed by atoms with Crippen LogP contribution < -0.4 is 0 Å². The molecule has 4 nitrogen and oxygen atoms in total. The summed E-state index contributed by atoms with van der Waals surface area (Å²) >= 11 is 0. The van der Waals surface area contributed by atoms with Crippen molar-refractivity contribution in [3.8, 4) is 0 Å². The summed E-state index contributed by atoms with van der Waals surface area (Å²) in [5.74, 6) is -0.0750. The normalized spacial score (nSPS) is 16.8. The summed E-state index contributed by atoms with van der Waals surface area (Å²) in [6, 6.07) is 4.03. The predicted molar refractivity (Wildman–Crippen MR) is 73.5 cm³/mol. The Bertz CT molecular complexity index is 708. The van der Waals surface area contributed by atoms with Crippen LogP contribution in [0.15, 0.2) is 16.5 Å². The monoisotopic (exact) mass is 272 g/mol. The Morgan fingerprint density at radius 2 is 1.70 bits per heavy atom. The first-order valence-corrected chi connectivity index (χ1v) is 6.69. The van der Waals surface area contributed by atoms with Crippen molar-refractivity contribution < 1.29 is 18.7 Å². The fraction of sp³-hybridized carbons (Fsp3) is 0.375. The molecular weight excluding hydrogens is 256 g/mol. The highest BCUT2D eigenvalue weighted by atomic mass is 16.6. The highest BCUT2D eigenvalue weighted by Gasteiger charge is 2.29. The maximum absolute atomic E-state index is 11.4. The molecule has 20 heavy (non-hydrogen) atoms. The van der Waals surface area contributed by atoms with Crippen molar-refractivity contribution in [2.45, 2.75) is 39.5 Å². The lowest BCUT2D eigenvalue weighted by molar-refractivity contribution is -0.163. The van der Waals surface area contributed by atoms with Crippen LogP contribution >= 0.6 is 0 Å². The van der Waals surface area contributed by atoms with Gasteiger partial charge in [0, 0.05) is 11.3 Å². The molecule has 1 aromatic heterocycles. The summed E-state index contributed by atoms with van der Waals surface area (Å²) in [6.45, 7) is 5.94. The lowest BCUT2D eigenvalue weighted by Gasteiger charge is -2.20. The van der Waals surface area contributed by atoms with E-state index in [1.807, 2.05) is 32.9 Å². The van der Waals surface area contributed by atoms with Crippen molar-refractivity contribution >= 4 is 22.9 Å². The molecule has 0 radical (unpaired) electrons. The Kier molecular flexibility index (Phi) is 2.89. The zero-order valence-corrected chi connectivity index (χ0v) is 11.8. The first kappa shape index (κ1) is 12.9. The fourth-order valence-corrected chi connectivity index (χ4v) is 2.79. The quantitative estimate of drug-likeness (QED) is 0.590. The van der Waals surface area contributed by atoms with Gasteiger partial charge in [-0.25, -0.2) is 0 Å². The molecule has 104 valence electrons. The smallest absolute Gasteiger partial charge is 0.314 e. The van der Waals surface area contributed by atoms with Crippen molar-refractivity contribution in [3.63, 3.8) is 0 Å². The lowest BCUT2D eigenvalue weighted by Crippen LogP contribution is -2.24. The molecule has 0 spiro atoms. The minimum Gasteiger partial charge on any atom is -0.461 e. The summed E-state index contributed by atoms with van der Waals surface area (Å²) in [5, 5.41) is 1.06. The Balaban J connectivity index is 2.10. The SMILES string of the molecule is Cc1oc2c(C)cc(C3CC(=O)OC(=O)C3)cc2c1C. The summed E-state index contributed by atoms with van der Waals surface area (Å²) in [7, 11) is 0. The zero-order valence-electron chi connectivity index (χ0n) is 11.8. The third kappa shape index (κ3) is 2.01. The Hall–Kier alpha value is -2.10. The molecule has 3 rings (SSSR count). The number of hydrogen-bond donors (Lipinski definition) is 0. The zero-order chi connectivity index (χ0) is 14.4. The fourth-order valence-electron chi connectivity index (χ4n) is 2.79. The van der Waals surface area contributed by atoms with Crippen molar-refractivity contribution in [2.24, 2.45) is 0 Å². The second-order valence-corrected chi connectivity index (χ2v) is 5.45. The van der Waals surface area contributed by atoms with Gasteiger partial charge in [0.2, 0.25) is 0 Å². The summed E-state index contributed by atoms with van der Waals surface area (Å²) in [5.41, 5.74) is 4.02. The molecular formula is C16H16O4. The number of hydrogen-bond acceptors (Lipinski definition) is 4. The molecule has 0 atom stereocenters. The van der Waals surface area contributed by atoms with Gasteiger partial charge in [-0.3, -0.25) is 9.59 Å². The molecule has 1 aliphatic rings. The molecule has 0 bridgehead atoms. The number of carbonyl (C=O) groups excluding carboxylic acids is 2. The Morgan fingerprint density at radius 3 is 2.35 bits per heavy atom. The highest BCUT2D eigenvalue weighted by molar-refractivity contribution is 5.90. The molecule has 1 fully saturated rings. The second kappa shape index (κ2) is 4.47. The van der Waals surface area contributed by atoms with Crippen molar-refractivity contribution in [2.75, 3.05) is 0 Å². The molecule has 1 saturated heterocycles. The number of rotatable bonds is 1. The van der Waals surface area contributed by atoms with E-state index in [2.05, 4.69) is 4.74 Å². The number of benzene rings is 1. The van der Waals surface area contributed by atoms with Gasteiger partial charge in [-0.15, -0.1) is 0 Å². The molecule has 1 aromatic carbocycles. The van der Waals surface area contributed by atoms with Crippen LogP contribution in [0.25, 0.3) is 11.0 Å². The van der Waals surface area contributed by atoms with E-state index in [1.54, 1.807) is 0 Å². The molecule has 2 heterocycles. The van der Waals surface area contributed by atoms with E-state index in [1.165, 1.54) is 0 Å². The van der Waals surface area contributed by atoms with Crippen molar-refractivity contribution in [1.82, 2.24) is 0 Å². The molecule has 2 aromatic rings. The van der Waals surface area contributed by atoms with Gasteiger partial charge in [0.15, 0.2) is 0 Å². The third-order valence-corrected chi connectivity index (χ3v) is 4.01. The Morgan fingerprint density at radius 1 is 1.05 bits per heavy atom. The minimum atomic E-state index is -0.441. The average molecular weight is 272 g/mol. The van der Waals surface area contributed by atoms with Gasteiger partial charge in [0.25, 0.3) is 0 Å². The third-order valence-electron chi connectivity index (χ3n) is 4.01. The van der Waals surface area contributed by atoms with Gasteiger partial charge in [-0.2, -0.15) is 0 Å². The lowest BCUT2D eigenvalue weighted by atomic mass is 9.89. The molecule has 0 amide bonds. The van der Waals surface area contributed by atoms with Gasteiger partial charge in [-0.1, -0.05) is 6.07 Å². The summed E-state index contributed by atoms with van der Waals surface area (Å²) in [6.07, 6.45) is 0.513. The topological polar surface area (TPSA) is 56.5 Å². The van der Waals surface area contributed by atoms with E-state index in [9.17, 15) is 9.59 Å². The molecule has 1 aliphatic heterocycles. The van der Waals surface area contributed by atoms with Gasteiger partial charge in [0.05, 0.1) is 12.8 Å². The standard InChI is InChI=1S/C16H16O4/c1-8-4-11(12-6-14(17)20-15(18)7-12)5-13-9(2)10(3)19-16(8)13/h4-5,12H,6-7H2,1-3H3. The first-order valence-electron chi connectivity index (χ1n) is 6.69. The molecule has 0 unspecified atom stereocenters. The largest absolute Gasteiger partial charge is 0.461 e. The van der Waals surface area contributed by atoms with Gasteiger partial charge in [0.1, 0.15) is 11.3 Å². The number of esters is 2. The van der Waals surface area contributed by atoms with Crippen molar-refractivity contribution in [3.05, 3.63) is 34.6 Å². The number of furan rings is 1. The molecule has 0 N–H and O–H groups in total. The van der Waals surface area contributed by atoms with E-state index in [4.69, 9.17) is 4.42 Å². The Labute approximate surface area is 116 Å². The van der Waals surface area contributed by atoms with Crippen LogP contribution in [0.3, 0.4) is 0 Å². The van der Waals surface area contributed by atoms with Crippen LogP contribution in [0.2, 0.25) is 0 Å². The summed E-state index contributed by atoms with van der Waals surface area (Å²) in [4.78, 5) is 22.8. The number of fused-ring (bicyclic) bond motifs is 1. The van der Waals surface area contributed by atoms with Crippen LogP contribution in [-0.4, -0.2) is 11.9 Å². The molecule has 4 heteroatoms. The number of cyclic esters (lactones) is 2. The number of aryl methyl sites for hydroxylation is 3. The maximum atomic E-state index is 11.4. The van der Waals surface area contributed by atoms with Crippen LogP contribution in [0.4, 0.5) is 0 Å². The van der Waals surface area contributed by atoms with E-state index in [0.29, 0.717) is 0 Å². The van der Waals surface area contributed by atoms with E-state index in [0.717, 1.165) is 33.4 Å². The first-order chi connectivity index (χ1) is 9.45. The van der Waals surface area contributed by atoms with Crippen LogP contribution in [0, 0.1) is 20.8 Å². The van der Waals surface area contributed by atoms with Gasteiger partial charge in [-0.05, 0) is 43.5 Å². The van der Waals surface area contributed by atoms with E-state index >= 15 is 0 Å².